The number of esters is 2. The molecule has 0 bridgehead atoms. The van der Waals surface area contributed by atoms with Crippen LogP contribution in [0.5, 0.6) is 11.5 Å². The molecule has 2 fully saturated rings. The van der Waals surface area contributed by atoms with Crippen molar-refractivity contribution in [1.29, 1.82) is 0 Å². The van der Waals surface area contributed by atoms with Gasteiger partial charge in [0.15, 0.2) is 12.9 Å². The average Bonchev–Trinajstić information content (AvgIpc) is 3.54. The lowest BCUT2D eigenvalue weighted by Gasteiger charge is -2.18. The molecule has 3 aliphatic rings. The van der Waals surface area contributed by atoms with Gasteiger partial charge in [-0.15, -0.1) is 0 Å². The zero-order chi connectivity index (χ0) is 28.3. The van der Waals surface area contributed by atoms with Crippen molar-refractivity contribution in [2.75, 3.05) is 33.2 Å². The molecule has 4 unspecified atom stereocenters. The van der Waals surface area contributed by atoms with Gasteiger partial charge in [-0.25, -0.2) is 14.4 Å². The minimum Gasteiger partial charge on any atom is -0.468 e. The van der Waals surface area contributed by atoms with Crippen molar-refractivity contribution in [1.82, 2.24) is 0 Å². The molecule has 1 aromatic carbocycles. The second-order valence-electron chi connectivity index (χ2n) is 9.11. The largest absolute Gasteiger partial charge is 0.513 e. The summed E-state index contributed by atoms with van der Waals surface area (Å²) in [6.07, 6.45) is 5.52. The molecule has 40 heavy (non-hydrogen) atoms. The summed E-state index contributed by atoms with van der Waals surface area (Å²) in [6.45, 7) is 7.97. The number of unbranched alkanes of at least 4 members (excludes halogenated alkanes) is 1. The maximum absolute atomic E-state index is 12.5. The average molecular weight is 557 g/mol. The number of rotatable bonds is 13. The van der Waals surface area contributed by atoms with Crippen LogP contribution in [0.25, 0.3) is 0 Å². The van der Waals surface area contributed by atoms with Crippen LogP contribution in [0.15, 0.2) is 72.9 Å². The van der Waals surface area contributed by atoms with Gasteiger partial charge in [0, 0.05) is 6.08 Å². The Morgan fingerprint density at radius 1 is 0.925 bits per heavy atom. The molecule has 4 rings (SSSR count). The Bertz CT molecular complexity index is 1140. The molecule has 4 atom stereocenters. The lowest BCUT2D eigenvalue weighted by molar-refractivity contribution is -0.148. The van der Waals surface area contributed by atoms with Gasteiger partial charge in [0.25, 0.3) is 0 Å². The van der Waals surface area contributed by atoms with Crippen molar-refractivity contribution < 1.29 is 52.3 Å². The minimum atomic E-state index is -0.839. The molecule has 11 nitrogen and oxygen atoms in total. The summed E-state index contributed by atoms with van der Waals surface area (Å²) in [5.74, 6) is -0.121. The molecule has 0 radical (unpaired) electrons. The maximum Gasteiger partial charge on any atom is 0.513 e. The number of ether oxygens (including phenoxy) is 8. The van der Waals surface area contributed by atoms with Gasteiger partial charge in [-0.05, 0) is 49.6 Å². The molecule has 0 saturated carbocycles. The molecule has 214 valence electrons. The Morgan fingerprint density at radius 3 is 2.30 bits per heavy atom. The first-order valence-corrected chi connectivity index (χ1v) is 12.9. The lowest BCUT2D eigenvalue weighted by Crippen LogP contribution is -2.35. The van der Waals surface area contributed by atoms with Crippen LogP contribution in [0.4, 0.5) is 4.79 Å². The zero-order valence-corrected chi connectivity index (χ0v) is 22.0. The second kappa shape index (κ2) is 14.5. The van der Waals surface area contributed by atoms with Gasteiger partial charge in [0.05, 0.1) is 32.0 Å². The number of benzene rings is 1. The molecule has 0 spiro atoms. The van der Waals surface area contributed by atoms with Crippen LogP contribution in [0, 0.1) is 0 Å². The molecule has 2 aliphatic heterocycles. The van der Waals surface area contributed by atoms with E-state index in [0.29, 0.717) is 30.6 Å². The van der Waals surface area contributed by atoms with Crippen molar-refractivity contribution in [2.45, 2.75) is 43.7 Å². The molecule has 0 aromatic heterocycles. The van der Waals surface area contributed by atoms with E-state index in [2.05, 4.69) is 13.2 Å². The molecule has 0 amide bonds. The molecule has 11 heteroatoms. The number of carbonyl (C=O) groups excluding carboxylic acids is 3. The quantitative estimate of drug-likeness (QED) is 0.0884. The molecule has 0 N–H and O–H groups in total. The van der Waals surface area contributed by atoms with Gasteiger partial charge in [-0.3, -0.25) is 0 Å². The third-order valence-corrected chi connectivity index (χ3v) is 6.24. The Labute approximate surface area is 231 Å². The Kier molecular flexibility index (Phi) is 10.5. The third-order valence-electron chi connectivity index (χ3n) is 6.24. The smallest absolute Gasteiger partial charge is 0.468 e. The lowest BCUT2D eigenvalue weighted by atomic mass is 10.0. The number of allylic oxidation sites excluding steroid dienone is 3. The fourth-order valence-electron chi connectivity index (χ4n) is 4.13. The number of fused-ring (bicyclic) bond motifs is 1. The summed E-state index contributed by atoms with van der Waals surface area (Å²) in [5, 5.41) is 0. The van der Waals surface area contributed by atoms with Crippen LogP contribution < -0.4 is 9.47 Å². The van der Waals surface area contributed by atoms with E-state index in [1.165, 1.54) is 0 Å². The van der Waals surface area contributed by atoms with Gasteiger partial charge >= 0.3 is 18.1 Å². The summed E-state index contributed by atoms with van der Waals surface area (Å²) in [5.41, 5.74) is 1.42. The molecule has 2 heterocycles. The molecule has 1 aliphatic carbocycles. The first-order chi connectivity index (χ1) is 19.4. The van der Waals surface area contributed by atoms with E-state index in [0.717, 1.165) is 11.6 Å². The Hall–Kier alpha value is -3.93. The first-order valence-electron chi connectivity index (χ1n) is 12.9. The Morgan fingerprint density at radius 2 is 1.60 bits per heavy atom. The fraction of sp³-hybridized carbons (Fsp3) is 0.414. The first kappa shape index (κ1) is 29.1. The van der Waals surface area contributed by atoms with Crippen molar-refractivity contribution in [3.8, 4) is 11.5 Å². The monoisotopic (exact) mass is 556 g/mol. The standard InChI is InChI=1S/C29H32O11/c1-3-25(30)33-14-4-5-15-34-29(32)39-22-12-10-21(11-13-22)37-18-38-23-16-35-27-24(17-36-26(23)27)40-28(31)20-8-6-19(2)7-9-20/h3,6,8-13,23-24,26-27H,1-2,4-5,7,14-18H2. The van der Waals surface area contributed by atoms with Crippen molar-refractivity contribution in [3.05, 3.63) is 72.9 Å². The minimum absolute atomic E-state index is 0.0585. The highest BCUT2D eigenvalue weighted by Crippen LogP contribution is 2.31. The van der Waals surface area contributed by atoms with Crippen LogP contribution in [0.1, 0.15) is 19.3 Å². The van der Waals surface area contributed by atoms with Gasteiger partial charge in [0.1, 0.15) is 29.8 Å². The van der Waals surface area contributed by atoms with Crippen molar-refractivity contribution >= 4 is 18.1 Å². The van der Waals surface area contributed by atoms with Crippen LogP contribution >= 0.6 is 0 Å². The molecular formula is C29H32O11. The zero-order valence-electron chi connectivity index (χ0n) is 22.0. The second-order valence-corrected chi connectivity index (χ2v) is 9.11. The Balaban J connectivity index is 1.11. The van der Waals surface area contributed by atoms with Crippen LogP contribution in [0.3, 0.4) is 0 Å². The highest BCUT2D eigenvalue weighted by molar-refractivity contribution is 5.92. The number of carbonyl (C=O) groups is 3. The van der Waals surface area contributed by atoms with Crippen molar-refractivity contribution in [2.24, 2.45) is 0 Å². The maximum atomic E-state index is 12.5. The summed E-state index contributed by atoms with van der Waals surface area (Å²) in [6, 6.07) is 6.37. The number of hydrogen-bond donors (Lipinski definition) is 0. The summed E-state index contributed by atoms with van der Waals surface area (Å²) in [7, 11) is 0. The SMILES string of the molecule is C=CC(=O)OCCCCOC(=O)Oc1ccc(OCOC2COC3C(OC(=O)C4=CCC(=C)C=C4)COC23)cc1. The van der Waals surface area contributed by atoms with E-state index in [4.69, 9.17) is 37.9 Å². The highest BCUT2D eigenvalue weighted by Gasteiger charge is 2.50. The van der Waals surface area contributed by atoms with Crippen LogP contribution in [-0.2, 0) is 38.0 Å². The molecule has 1 aromatic rings. The van der Waals surface area contributed by atoms with Gasteiger partial charge in [-0.1, -0.05) is 30.9 Å². The predicted molar refractivity (Wildman–Crippen MR) is 140 cm³/mol. The van der Waals surface area contributed by atoms with E-state index in [1.54, 1.807) is 42.5 Å². The van der Waals surface area contributed by atoms with Crippen LogP contribution in [-0.4, -0.2) is 75.7 Å². The topological polar surface area (TPSA) is 125 Å². The summed E-state index contributed by atoms with van der Waals surface area (Å²) >= 11 is 0. The van der Waals surface area contributed by atoms with Crippen molar-refractivity contribution in [3.63, 3.8) is 0 Å². The fourth-order valence-corrected chi connectivity index (χ4v) is 4.13. The van der Waals surface area contributed by atoms with E-state index in [1.807, 2.05) is 0 Å². The van der Waals surface area contributed by atoms with Crippen LogP contribution in [0.2, 0.25) is 0 Å². The van der Waals surface area contributed by atoms with E-state index in [-0.39, 0.29) is 51.2 Å². The normalized spacial score (nSPS) is 23.1. The molecule has 2 saturated heterocycles. The third kappa shape index (κ3) is 8.28. The van der Waals surface area contributed by atoms with Gasteiger partial charge < -0.3 is 37.9 Å². The predicted octanol–water partition coefficient (Wildman–Crippen LogP) is 3.58. The van der Waals surface area contributed by atoms with Gasteiger partial charge in [-0.2, -0.15) is 0 Å². The molecular weight excluding hydrogens is 524 g/mol. The van der Waals surface area contributed by atoms with E-state index >= 15 is 0 Å². The van der Waals surface area contributed by atoms with E-state index < -0.39 is 30.3 Å². The summed E-state index contributed by atoms with van der Waals surface area (Å²) < 4.78 is 43.6. The van der Waals surface area contributed by atoms with Gasteiger partial charge in [0.2, 0.25) is 0 Å². The summed E-state index contributed by atoms with van der Waals surface area (Å²) in [4.78, 5) is 35.2. The van der Waals surface area contributed by atoms with E-state index in [9.17, 15) is 14.4 Å². The highest BCUT2D eigenvalue weighted by atomic mass is 16.7. The number of hydrogen-bond acceptors (Lipinski definition) is 11.